The first-order valence-electron chi connectivity index (χ1n) is 7.57. The summed E-state index contributed by atoms with van der Waals surface area (Å²) in [6.07, 6.45) is 1.50. The summed E-state index contributed by atoms with van der Waals surface area (Å²) in [6, 6.07) is 9.31. The van der Waals surface area contributed by atoms with Gasteiger partial charge in [0.2, 0.25) is 0 Å². The standard InChI is InChI=1S/C17H17N5O2S/c1-23-13-6-10-12(7-14(13)24-2)20-8-21-16(10)17(19)22-11-4-3-9(18)5-15(11)25-17/h3-8,22H,18-19H2,1-2H3. The number of nitrogens with one attached hydrogen (secondary N) is 1. The molecule has 0 amide bonds. The van der Waals surface area contributed by atoms with Crippen molar-refractivity contribution in [2.45, 2.75) is 9.89 Å². The fraction of sp³-hybridized carbons (Fsp3) is 0.176. The van der Waals surface area contributed by atoms with Crippen molar-refractivity contribution in [2.24, 2.45) is 5.73 Å². The van der Waals surface area contributed by atoms with Crippen molar-refractivity contribution in [1.29, 1.82) is 0 Å². The van der Waals surface area contributed by atoms with E-state index in [-0.39, 0.29) is 0 Å². The van der Waals surface area contributed by atoms with Crippen LogP contribution in [-0.2, 0) is 4.99 Å². The zero-order chi connectivity index (χ0) is 17.6. The van der Waals surface area contributed by atoms with Crippen LogP contribution >= 0.6 is 11.8 Å². The number of nitrogen functional groups attached to an aromatic ring is 1. The number of fused-ring (bicyclic) bond motifs is 2. The molecule has 8 heteroatoms. The van der Waals surface area contributed by atoms with Crippen molar-refractivity contribution in [3.8, 4) is 11.5 Å². The van der Waals surface area contributed by atoms with Crippen molar-refractivity contribution >= 4 is 34.0 Å². The van der Waals surface area contributed by atoms with E-state index in [4.69, 9.17) is 20.9 Å². The molecule has 0 radical (unpaired) electrons. The van der Waals surface area contributed by atoms with Crippen LogP contribution in [-0.4, -0.2) is 24.2 Å². The average molecular weight is 355 g/mol. The van der Waals surface area contributed by atoms with E-state index in [9.17, 15) is 0 Å². The van der Waals surface area contributed by atoms with Crippen LogP contribution in [0, 0.1) is 0 Å². The lowest BCUT2D eigenvalue weighted by Gasteiger charge is -2.24. The number of aromatic nitrogens is 2. The number of rotatable bonds is 3. The zero-order valence-corrected chi connectivity index (χ0v) is 14.6. The molecule has 2 aromatic carbocycles. The number of methoxy groups -OCH3 is 2. The van der Waals surface area contributed by atoms with E-state index in [2.05, 4.69) is 15.3 Å². The van der Waals surface area contributed by atoms with Crippen molar-refractivity contribution in [1.82, 2.24) is 9.97 Å². The lowest BCUT2D eigenvalue weighted by atomic mass is 10.1. The minimum Gasteiger partial charge on any atom is -0.493 e. The lowest BCUT2D eigenvalue weighted by Crippen LogP contribution is -2.39. The number of hydrogen-bond donors (Lipinski definition) is 3. The van der Waals surface area contributed by atoms with E-state index in [1.807, 2.05) is 30.3 Å². The molecule has 1 aliphatic heterocycles. The minimum absolute atomic E-state index is 0.597. The minimum atomic E-state index is -0.934. The van der Waals surface area contributed by atoms with Crippen LogP contribution in [0.5, 0.6) is 11.5 Å². The van der Waals surface area contributed by atoms with Gasteiger partial charge in [-0.1, -0.05) is 11.8 Å². The van der Waals surface area contributed by atoms with Crippen molar-refractivity contribution in [3.63, 3.8) is 0 Å². The summed E-state index contributed by atoms with van der Waals surface area (Å²) in [5, 5.41) is 4.13. The predicted octanol–water partition coefficient (Wildman–Crippen LogP) is 2.52. The van der Waals surface area contributed by atoms with Gasteiger partial charge in [0.1, 0.15) is 12.0 Å². The van der Waals surface area contributed by atoms with Gasteiger partial charge < -0.3 is 20.5 Å². The van der Waals surface area contributed by atoms with Gasteiger partial charge in [0.05, 0.1) is 25.4 Å². The second kappa shape index (κ2) is 5.68. The van der Waals surface area contributed by atoms with Gasteiger partial charge in [0, 0.05) is 22.0 Å². The van der Waals surface area contributed by atoms with Crippen LogP contribution in [0.15, 0.2) is 41.6 Å². The van der Waals surface area contributed by atoms with E-state index in [1.165, 1.54) is 18.1 Å². The summed E-state index contributed by atoms with van der Waals surface area (Å²) in [5.74, 6) is 1.20. The van der Waals surface area contributed by atoms with Crippen molar-refractivity contribution < 1.29 is 9.47 Å². The van der Waals surface area contributed by atoms with Gasteiger partial charge in [-0.2, -0.15) is 0 Å². The van der Waals surface area contributed by atoms with Crippen molar-refractivity contribution in [3.05, 3.63) is 42.4 Å². The van der Waals surface area contributed by atoms with Gasteiger partial charge in [0.25, 0.3) is 0 Å². The molecule has 3 aromatic rings. The molecule has 0 fully saturated rings. The predicted molar refractivity (Wildman–Crippen MR) is 98.8 cm³/mol. The highest BCUT2D eigenvalue weighted by atomic mass is 32.2. The monoisotopic (exact) mass is 355 g/mol. The quantitative estimate of drug-likeness (QED) is 0.615. The molecule has 0 spiro atoms. The maximum Gasteiger partial charge on any atom is 0.183 e. The average Bonchev–Trinajstić information content (AvgIpc) is 2.96. The molecule has 0 saturated carbocycles. The Bertz CT molecular complexity index is 981. The Kier molecular flexibility index (Phi) is 3.59. The Morgan fingerprint density at radius 2 is 1.84 bits per heavy atom. The molecule has 0 aliphatic carbocycles. The molecule has 1 unspecified atom stereocenters. The molecule has 1 aromatic heterocycles. The normalized spacial score (nSPS) is 18.7. The van der Waals surface area contributed by atoms with Gasteiger partial charge in [-0.15, -0.1) is 0 Å². The van der Waals surface area contributed by atoms with Gasteiger partial charge in [-0.3, -0.25) is 5.73 Å². The van der Waals surface area contributed by atoms with Crippen molar-refractivity contribution in [2.75, 3.05) is 25.3 Å². The topological polar surface area (TPSA) is 108 Å². The van der Waals surface area contributed by atoms with E-state index in [0.29, 0.717) is 22.9 Å². The zero-order valence-electron chi connectivity index (χ0n) is 13.7. The van der Waals surface area contributed by atoms with E-state index < -0.39 is 4.99 Å². The summed E-state index contributed by atoms with van der Waals surface area (Å²) in [4.78, 5) is 8.83. The summed E-state index contributed by atoms with van der Waals surface area (Å²) < 4.78 is 10.8. The van der Waals surface area contributed by atoms with Crippen LogP contribution < -0.4 is 26.3 Å². The molecule has 1 atom stereocenters. The third-order valence-electron chi connectivity index (χ3n) is 4.09. The first kappa shape index (κ1) is 15.8. The SMILES string of the molecule is COc1cc2ncnc(C3(N)Nc4ccc(N)cc4S3)c2cc1OC. The number of hydrogen-bond acceptors (Lipinski definition) is 8. The van der Waals surface area contributed by atoms with Crippen LogP contribution in [0.25, 0.3) is 10.9 Å². The van der Waals surface area contributed by atoms with Gasteiger partial charge in [0.15, 0.2) is 16.5 Å². The number of anilines is 2. The number of benzene rings is 2. The smallest absolute Gasteiger partial charge is 0.183 e. The highest BCUT2D eigenvalue weighted by Crippen LogP contribution is 2.49. The Labute approximate surface area is 148 Å². The Balaban J connectivity index is 1.87. The molecule has 7 nitrogen and oxygen atoms in total. The second-order valence-corrected chi connectivity index (χ2v) is 6.95. The molecule has 25 heavy (non-hydrogen) atoms. The first-order valence-corrected chi connectivity index (χ1v) is 8.38. The molecular formula is C17H17N5O2S. The highest BCUT2D eigenvalue weighted by Gasteiger charge is 2.38. The third-order valence-corrected chi connectivity index (χ3v) is 5.26. The molecule has 128 valence electrons. The number of nitrogens with zero attached hydrogens (tertiary/aromatic N) is 2. The molecular weight excluding hydrogens is 338 g/mol. The number of thioether (sulfide) groups is 1. The maximum atomic E-state index is 6.66. The maximum absolute atomic E-state index is 6.66. The van der Waals surface area contributed by atoms with Crippen LogP contribution in [0.2, 0.25) is 0 Å². The van der Waals surface area contributed by atoms with Gasteiger partial charge in [-0.25, -0.2) is 9.97 Å². The van der Waals surface area contributed by atoms with Crippen LogP contribution in [0.1, 0.15) is 5.69 Å². The molecule has 1 aliphatic rings. The molecule has 0 bridgehead atoms. The largest absolute Gasteiger partial charge is 0.493 e. The number of nitrogens with two attached hydrogens (primary N) is 2. The van der Waals surface area contributed by atoms with Gasteiger partial charge >= 0.3 is 0 Å². The molecule has 0 saturated heterocycles. The highest BCUT2D eigenvalue weighted by molar-refractivity contribution is 8.00. The van der Waals surface area contributed by atoms with Crippen LogP contribution in [0.3, 0.4) is 0 Å². The Morgan fingerprint density at radius 1 is 1.08 bits per heavy atom. The summed E-state index contributed by atoms with van der Waals surface area (Å²) in [6.45, 7) is 0. The number of ether oxygens (including phenoxy) is 2. The second-order valence-electron chi connectivity index (χ2n) is 5.66. The van der Waals surface area contributed by atoms with E-state index in [1.54, 1.807) is 14.2 Å². The summed E-state index contributed by atoms with van der Waals surface area (Å²) in [7, 11) is 3.18. The Hall–Kier alpha value is -2.71. The van der Waals surface area contributed by atoms with Crippen LogP contribution in [0.4, 0.5) is 11.4 Å². The van der Waals surface area contributed by atoms with Gasteiger partial charge in [-0.05, 0) is 24.3 Å². The molecule has 2 heterocycles. The summed E-state index contributed by atoms with van der Waals surface area (Å²) in [5.41, 5.74) is 15.5. The lowest BCUT2D eigenvalue weighted by molar-refractivity contribution is 0.355. The Morgan fingerprint density at radius 3 is 2.60 bits per heavy atom. The summed E-state index contributed by atoms with van der Waals surface area (Å²) >= 11 is 1.47. The fourth-order valence-electron chi connectivity index (χ4n) is 2.91. The molecule has 4 rings (SSSR count). The fourth-order valence-corrected chi connectivity index (χ4v) is 4.10. The molecule has 5 N–H and O–H groups in total. The van der Waals surface area contributed by atoms with E-state index in [0.717, 1.165) is 21.5 Å². The third kappa shape index (κ3) is 2.50. The first-order chi connectivity index (χ1) is 12.0. The van der Waals surface area contributed by atoms with E-state index >= 15 is 0 Å².